The van der Waals surface area contributed by atoms with E-state index in [1.807, 2.05) is 13.0 Å². The Morgan fingerprint density at radius 2 is 1.87 bits per heavy atom. The summed E-state index contributed by atoms with van der Waals surface area (Å²) in [5, 5.41) is 3.49. The first kappa shape index (κ1) is 12.2. The second-order valence-corrected chi connectivity index (χ2v) is 4.11. The fourth-order valence-corrected chi connectivity index (χ4v) is 1.54. The van der Waals surface area contributed by atoms with Crippen molar-refractivity contribution < 1.29 is 4.74 Å². The summed E-state index contributed by atoms with van der Waals surface area (Å²) in [7, 11) is 0. The van der Waals surface area contributed by atoms with E-state index in [4.69, 9.17) is 4.74 Å². The number of rotatable bonds is 6. The van der Waals surface area contributed by atoms with Gasteiger partial charge in [0.1, 0.15) is 0 Å². The van der Waals surface area contributed by atoms with E-state index in [1.165, 1.54) is 5.56 Å². The van der Waals surface area contributed by atoms with Crippen LogP contribution in [0.5, 0.6) is 0 Å². The molecule has 0 spiro atoms. The van der Waals surface area contributed by atoms with Crippen molar-refractivity contribution >= 4 is 0 Å². The Kier molecular flexibility index (Phi) is 4.79. The molecule has 2 heteroatoms. The third kappa shape index (κ3) is 4.02. The molecular weight excluding hydrogens is 186 g/mol. The molecular formula is C13H21NO. The monoisotopic (exact) mass is 207 g/mol. The van der Waals surface area contributed by atoms with Gasteiger partial charge >= 0.3 is 0 Å². The molecule has 0 aliphatic carbocycles. The predicted octanol–water partition coefficient (Wildman–Crippen LogP) is 2.55. The summed E-state index contributed by atoms with van der Waals surface area (Å²) in [4.78, 5) is 0. The van der Waals surface area contributed by atoms with Gasteiger partial charge < -0.3 is 10.1 Å². The molecule has 0 saturated carbocycles. The molecule has 1 N–H and O–H groups in total. The molecule has 0 aromatic heterocycles. The minimum absolute atomic E-state index is 0.0123. The highest BCUT2D eigenvalue weighted by Gasteiger charge is 2.18. The normalized spacial score (nSPS) is 11.7. The van der Waals surface area contributed by atoms with E-state index in [1.54, 1.807) is 0 Å². The van der Waals surface area contributed by atoms with Crippen molar-refractivity contribution in [3.63, 3.8) is 0 Å². The number of hydrogen-bond acceptors (Lipinski definition) is 2. The molecule has 15 heavy (non-hydrogen) atoms. The lowest BCUT2D eigenvalue weighted by molar-refractivity contribution is 0.142. The Hall–Kier alpha value is -0.860. The summed E-state index contributed by atoms with van der Waals surface area (Å²) in [6, 6.07) is 10.5. The van der Waals surface area contributed by atoms with Gasteiger partial charge in [-0.1, -0.05) is 30.3 Å². The van der Waals surface area contributed by atoms with Crippen molar-refractivity contribution in [1.82, 2.24) is 5.32 Å². The third-order valence-electron chi connectivity index (χ3n) is 2.51. The van der Waals surface area contributed by atoms with Crippen LogP contribution in [0, 0.1) is 0 Å². The number of ether oxygens (including phenoxy) is 1. The van der Waals surface area contributed by atoms with Gasteiger partial charge in [0.2, 0.25) is 0 Å². The van der Waals surface area contributed by atoms with Gasteiger partial charge in [0.25, 0.3) is 0 Å². The molecule has 0 bridgehead atoms. The zero-order chi connectivity index (χ0) is 11.1. The lowest BCUT2D eigenvalue weighted by Gasteiger charge is -2.27. The van der Waals surface area contributed by atoms with Crippen molar-refractivity contribution in [2.45, 2.75) is 26.3 Å². The molecule has 0 unspecified atom stereocenters. The predicted molar refractivity (Wildman–Crippen MR) is 64.0 cm³/mol. The number of nitrogens with one attached hydrogen (secondary N) is 1. The van der Waals surface area contributed by atoms with Gasteiger partial charge in [0.15, 0.2) is 0 Å². The molecule has 0 aliphatic heterocycles. The van der Waals surface area contributed by atoms with Crippen LogP contribution in [0.4, 0.5) is 0 Å². The first-order valence-corrected chi connectivity index (χ1v) is 5.55. The van der Waals surface area contributed by atoms with E-state index in [-0.39, 0.29) is 5.54 Å². The van der Waals surface area contributed by atoms with Crippen LogP contribution in [0.1, 0.15) is 26.3 Å². The molecule has 0 fully saturated rings. The fraction of sp³-hybridized carbons (Fsp3) is 0.538. The molecule has 0 saturated heterocycles. The Labute approximate surface area is 92.6 Å². The van der Waals surface area contributed by atoms with E-state index in [9.17, 15) is 0 Å². The van der Waals surface area contributed by atoms with E-state index in [0.29, 0.717) is 0 Å². The minimum Gasteiger partial charge on any atom is -0.380 e. The highest BCUT2D eigenvalue weighted by molar-refractivity contribution is 5.22. The average molecular weight is 207 g/mol. The van der Waals surface area contributed by atoms with Crippen LogP contribution in [0.2, 0.25) is 0 Å². The van der Waals surface area contributed by atoms with E-state index in [2.05, 4.69) is 43.4 Å². The maximum Gasteiger partial charge on any atom is 0.0591 e. The maximum atomic E-state index is 5.30. The lowest BCUT2D eigenvalue weighted by atomic mass is 9.94. The molecule has 84 valence electrons. The topological polar surface area (TPSA) is 21.3 Å². The van der Waals surface area contributed by atoms with Crippen molar-refractivity contribution in [3.05, 3.63) is 35.9 Å². The van der Waals surface area contributed by atoms with Crippen molar-refractivity contribution in [2.75, 3.05) is 19.8 Å². The van der Waals surface area contributed by atoms with Crippen LogP contribution in [-0.2, 0) is 10.3 Å². The molecule has 1 aromatic rings. The SMILES string of the molecule is CCOCCNC(C)(C)c1ccccc1. The second kappa shape index (κ2) is 5.89. The summed E-state index contributed by atoms with van der Waals surface area (Å²) in [5.74, 6) is 0. The van der Waals surface area contributed by atoms with E-state index >= 15 is 0 Å². The first-order chi connectivity index (χ1) is 7.17. The summed E-state index contributed by atoms with van der Waals surface area (Å²) >= 11 is 0. The molecule has 0 aliphatic rings. The first-order valence-electron chi connectivity index (χ1n) is 5.55. The zero-order valence-electron chi connectivity index (χ0n) is 9.92. The molecule has 1 rings (SSSR count). The Morgan fingerprint density at radius 1 is 1.20 bits per heavy atom. The quantitative estimate of drug-likeness (QED) is 0.724. The second-order valence-electron chi connectivity index (χ2n) is 4.11. The van der Waals surface area contributed by atoms with Gasteiger partial charge in [-0.25, -0.2) is 0 Å². The molecule has 0 radical (unpaired) electrons. The van der Waals surface area contributed by atoms with Crippen LogP contribution in [0.25, 0.3) is 0 Å². The summed E-state index contributed by atoms with van der Waals surface area (Å²) < 4.78 is 5.30. The van der Waals surface area contributed by atoms with Gasteiger partial charge in [0, 0.05) is 18.7 Å². The molecule has 2 nitrogen and oxygen atoms in total. The Morgan fingerprint density at radius 3 is 2.47 bits per heavy atom. The van der Waals surface area contributed by atoms with Crippen LogP contribution in [0.3, 0.4) is 0 Å². The third-order valence-corrected chi connectivity index (χ3v) is 2.51. The van der Waals surface area contributed by atoms with Crippen LogP contribution >= 0.6 is 0 Å². The largest absolute Gasteiger partial charge is 0.380 e. The molecule has 0 heterocycles. The van der Waals surface area contributed by atoms with Crippen molar-refractivity contribution in [1.29, 1.82) is 0 Å². The maximum absolute atomic E-state index is 5.30. The van der Waals surface area contributed by atoms with Gasteiger partial charge in [-0.05, 0) is 26.3 Å². The molecule has 1 aromatic carbocycles. The van der Waals surface area contributed by atoms with Gasteiger partial charge in [-0.15, -0.1) is 0 Å². The van der Waals surface area contributed by atoms with E-state index < -0.39 is 0 Å². The van der Waals surface area contributed by atoms with Gasteiger partial charge in [0.05, 0.1) is 6.61 Å². The van der Waals surface area contributed by atoms with Gasteiger partial charge in [-0.3, -0.25) is 0 Å². The molecule has 0 amide bonds. The van der Waals surface area contributed by atoms with Crippen molar-refractivity contribution in [2.24, 2.45) is 0 Å². The summed E-state index contributed by atoms with van der Waals surface area (Å²) in [5.41, 5.74) is 1.32. The Balaban J connectivity index is 2.45. The summed E-state index contributed by atoms with van der Waals surface area (Å²) in [6.45, 7) is 8.83. The standard InChI is InChI=1S/C13H21NO/c1-4-15-11-10-14-13(2,3)12-8-6-5-7-9-12/h5-9,14H,4,10-11H2,1-3H3. The molecule has 0 atom stereocenters. The van der Waals surface area contributed by atoms with Crippen LogP contribution in [0.15, 0.2) is 30.3 Å². The van der Waals surface area contributed by atoms with Crippen LogP contribution in [-0.4, -0.2) is 19.8 Å². The number of hydrogen-bond donors (Lipinski definition) is 1. The Bertz CT molecular complexity index is 269. The van der Waals surface area contributed by atoms with E-state index in [0.717, 1.165) is 19.8 Å². The summed E-state index contributed by atoms with van der Waals surface area (Å²) in [6.07, 6.45) is 0. The highest BCUT2D eigenvalue weighted by Crippen LogP contribution is 2.18. The lowest BCUT2D eigenvalue weighted by Crippen LogP contribution is -2.38. The highest BCUT2D eigenvalue weighted by atomic mass is 16.5. The smallest absolute Gasteiger partial charge is 0.0591 e. The zero-order valence-corrected chi connectivity index (χ0v) is 9.92. The number of benzene rings is 1. The van der Waals surface area contributed by atoms with Crippen molar-refractivity contribution in [3.8, 4) is 0 Å². The minimum atomic E-state index is 0.0123. The van der Waals surface area contributed by atoms with Crippen LogP contribution < -0.4 is 5.32 Å². The fourth-order valence-electron chi connectivity index (χ4n) is 1.54. The van der Waals surface area contributed by atoms with Gasteiger partial charge in [-0.2, -0.15) is 0 Å². The average Bonchev–Trinajstić information content (AvgIpc) is 2.26.